The maximum absolute atomic E-state index is 13.1. The van der Waals surface area contributed by atoms with E-state index in [1.807, 2.05) is 19.1 Å². The SMILES string of the molecule is CC(=N[C@@H](c1ccc(C)o1)C(F)(F)F)c1ccccc1.Cc1ccc(C(=N[C@H](C)c2ccccc2)C(F)(F)F)o1.Cc1ccc(C(=O)C(F)(F)F)o1.Cc1ccc([C@H](N=CI)C(F)(F)F)o1.Cc1ccco1. The Morgan fingerprint density at radius 3 is 1.35 bits per heavy atom. The maximum Gasteiger partial charge on any atom is 0.458 e. The van der Waals surface area contributed by atoms with Crippen LogP contribution in [0.4, 0.5) is 52.7 Å². The van der Waals surface area contributed by atoms with Gasteiger partial charge in [0.1, 0.15) is 40.3 Å². The third-order valence-corrected chi connectivity index (χ3v) is 9.45. The van der Waals surface area contributed by atoms with Gasteiger partial charge in [0.2, 0.25) is 12.1 Å². The molecular formula is C50H46F12IN3O6. The number of carbonyl (C=O) groups is 1. The Kier molecular flexibility index (Phi) is 22.2. The van der Waals surface area contributed by atoms with E-state index in [2.05, 4.69) is 19.4 Å². The van der Waals surface area contributed by atoms with Crippen LogP contribution in [0.15, 0.2) is 165 Å². The molecule has 5 aromatic heterocycles. The predicted molar refractivity (Wildman–Crippen MR) is 254 cm³/mol. The van der Waals surface area contributed by atoms with Crippen LogP contribution >= 0.6 is 22.6 Å². The van der Waals surface area contributed by atoms with Gasteiger partial charge >= 0.3 is 30.5 Å². The third-order valence-electron chi connectivity index (χ3n) is 9.13. The van der Waals surface area contributed by atoms with Crippen LogP contribution in [-0.2, 0) is 0 Å². The van der Waals surface area contributed by atoms with Gasteiger partial charge in [-0.1, -0.05) is 60.7 Å². The number of alkyl halides is 12. The van der Waals surface area contributed by atoms with Crippen molar-refractivity contribution in [1.82, 2.24) is 0 Å². The van der Waals surface area contributed by atoms with Gasteiger partial charge in [-0.25, -0.2) is 0 Å². The molecule has 0 amide bonds. The van der Waals surface area contributed by atoms with Gasteiger partial charge in [-0.3, -0.25) is 19.8 Å². The molecule has 0 unspecified atom stereocenters. The molecule has 0 N–H and O–H groups in total. The molecule has 2 aromatic carbocycles. The smallest absolute Gasteiger partial charge is 0.458 e. The molecule has 0 spiro atoms. The molecular weight excluding hydrogens is 1090 g/mol. The lowest BCUT2D eigenvalue weighted by atomic mass is 10.1. The van der Waals surface area contributed by atoms with Gasteiger partial charge < -0.3 is 22.1 Å². The van der Waals surface area contributed by atoms with E-state index in [0.29, 0.717) is 28.6 Å². The van der Waals surface area contributed by atoms with Crippen molar-refractivity contribution >= 4 is 44.0 Å². The first-order chi connectivity index (χ1) is 33.5. The third kappa shape index (κ3) is 19.9. The van der Waals surface area contributed by atoms with Crippen LogP contribution in [0.2, 0.25) is 0 Å². The Labute approximate surface area is 418 Å². The molecule has 388 valence electrons. The zero-order chi connectivity index (χ0) is 54.0. The van der Waals surface area contributed by atoms with E-state index in [1.165, 1.54) is 49.4 Å². The van der Waals surface area contributed by atoms with Gasteiger partial charge in [0.05, 0.1) is 16.5 Å². The van der Waals surface area contributed by atoms with E-state index < -0.39 is 60.1 Å². The van der Waals surface area contributed by atoms with E-state index in [-0.39, 0.29) is 23.0 Å². The second-order valence-corrected chi connectivity index (χ2v) is 15.6. The summed E-state index contributed by atoms with van der Waals surface area (Å²) in [6.45, 7) is 11.3. The first-order valence-electron chi connectivity index (χ1n) is 20.9. The second-order valence-electron chi connectivity index (χ2n) is 15.0. The van der Waals surface area contributed by atoms with E-state index in [0.717, 1.165) is 21.6 Å². The quantitative estimate of drug-likeness (QED) is 0.0614. The predicted octanol–water partition coefficient (Wildman–Crippen LogP) is 17.0. The van der Waals surface area contributed by atoms with Gasteiger partial charge in [-0.15, -0.1) is 0 Å². The summed E-state index contributed by atoms with van der Waals surface area (Å²) in [6.07, 6.45) is -16.6. The van der Waals surface area contributed by atoms with E-state index >= 15 is 0 Å². The monoisotopic (exact) mass is 1140 g/mol. The topological polar surface area (TPSA) is 120 Å². The summed E-state index contributed by atoms with van der Waals surface area (Å²) in [6, 6.07) is 27.6. The van der Waals surface area contributed by atoms with Gasteiger partial charge in [-0.05, 0) is 143 Å². The summed E-state index contributed by atoms with van der Waals surface area (Å²) in [7, 11) is 0. The number of halogens is 13. The Morgan fingerprint density at radius 2 is 0.986 bits per heavy atom. The molecule has 72 heavy (non-hydrogen) atoms. The molecule has 0 bridgehead atoms. The molecule has 22 heteroatoms. The number of aliphatic imine (C=N–C) groups is 3. The molecule has 0 aliphatic heterocycles. The fourth-order valence-corrected chi connectivity index (χ4v) is 6.04. The Bertz CT molecular complexity index is 2780. The standard InChI is InChI=1S/2C15H14F3NO.C8H7F3INO.C7H5F3O2.C5H6O/c2*1-10-8-9-13(20-10)14(15(16,17)18)19-11(2)12-6-4-3-5-7-12;1-5-2-3-6(14-5)7(13-4-12)8(9,10)11;1-4-2-3-5(12-4)6(11)7(8,9)10;1-5-3-2-4-6-5/h3-9,14H,1-2H3;3-9,11H,1-2H3;2-4,7H,1H3;2-3H,1H3;2-4H,1H3/t14-;11-;7-;;/m010../s1. The number of benzene rings is 2. The lowest BCUT2D eigenvalue weighted by Gasteiger charge is -2.15. The Morgan fingerprint density at radius 1 is 0.528 bits per heavy atom. The van der Waals surface area contributed by atoms with Crippen molar-refractivity contribution in [3.8, 4) is 0 Å². The minimum absolute atomic E-state index is 0.178. The van der Waals surface area contributed by atoms with E-state index in [1.54, 1.807) is 124 Å². The number of carbonyl (C=O) groups excluding carboxylic acids is 1. The molecule has 9 nitrogen and oxygen atoms in total. The maximum atomic E-state index is 13.1. The van der Waals surface area contributed by atoms with Gasteiger partial charge in [0.25, 0.3) is 0 Å². The highest BCUT2D eigenvalue weighted by molar-refractivity contribution is 14.1. The number of hydrogen-bond donors (Lipinski definition) is 0. The highest BCUT2D eigenvalue weighted by Crippen LogP contribution is 2.38. The molecule has 0 saturated carbocycles. The highest BCUT2D eigenvalue weighted by atomic mass is 127. The van der Waals surface area contributed by atoms with Crippen molar-refractivity contribution in [3.63, 3.8) is 0 Å². The van der Waals surface area contributed by atoms with Crippen molar-refractivity contribution in [2.24, 2.45) is 15.0 Å². The summed E-state index contributed by atoms with van der Waals surface area (Å²) in [4.78, 5) is 21.4. The zero-order valence-electron chi connectivity index (χ0n) is 39.1. The number of rotatable bonds is 9. The molecule has 0 aliphatic carbocycles. The van der Waals surface area contributed by atoms with Crippen LogP contribution < -0.4 is 0 Å². The summed E-state index contributed by atoms with van der Waals surface area (Å²) >= 11 is 1.64. The second kappa shape index (κ2) is 26.7. The number of nitrogens with zero attached hydrogens (tertiary/aromatic N) is 3. The minimum Gasteiger partial charge on any atom is -0.470 e. The van der Waals surface area contributed by atoms with Gasteiger partial charge in [0.15, 0.2) is 17.2 Å². The highest BCUT2D eigenvalue weighted by Gasteiger charge is 2.44. The number of hydrogen-bond acceptors (Lipinski definition) is 9. The van der Waals surface area contributed by atoms with Crippen molar-refractivity contribution in [2.75, 3.05) is 0 Å². The molecule has 3 atom stereocenters. The van der Waals surface area contributed by atoms with Crippen LogP contribution in [0.3, 0.4) is 0 Å². The number of furan rings is 5. The van der Waals surface area contributed by atoms with Crippen LogP contribution in [0.25, 0.3) is 0 Å². The normalized spacial score (nSPS) is 13.6. The lowest BCUT2D eigenvalue weighted by molar-refractivity contribution is -0.152. The Hall–Kier alpha value is -6.59. The molecule has 5 heterocycles. The summed E-state index contributed by atoms with van der Waals surface area (Å²) < 4.78 is 177. The average Bonchev–Trinajstić information content (AvgIpc) is 4.18. The zero-order valence-corrected chi connectivity index (χ0v) is 41.3. The fourth-order valence-electron chi connectivity index (χ4n) is 5.72. The number of aryl methyl sites for hydroxylation is 5. The minimum atomic E-state index is -4.86. The van der Waals surface area contributed by atoms with Crippen molar-refractivity contribution in [1.29, 1.82) is 0 Å². The van der Waals surface area contributed by atoms with Crippen LogP contribution in [-0.4, -0.2) is 46.1 Å². The van der Waals surface area contributed by atoms with Crippen molar-refractivity contribution in [2.45, 2.75) is 91.3 Å². The molecule has 7 rings (SSSR count). The van der Waals surface area contributed by atoms with Crippen molar-refractivity contribution in [3.05, 3.63) is 191 Å². The van der Waals surface area contributed by atoms with Gasteiger partial charge in [0, 0.05) is 5.71 Å². The van der Waals surface area contributed by atoms with Crippen molar-refractivity contribution < 1.29 is 79.6 Å². The van der Waals surface area contributed by atoms with Crippen LogP contribution in [0.1, 0.15) is 99.7 Å². The molecule has 0 radical (unpaired) electrons. The first-order valence-corrected chi connectivity index (χ1v) is 22.2. The van der Waals surface area contributed by atoms with Crippen LogP contribution in [0, 0.1) is 34.6 Å². The number of Topliss-reactive ketones (excluding diaryl/α,β-unsaturated/α-hetero) is 1. The Balaban J connectivity index is 0.000000248. The van der Waals surface area contributed by atoms with Gasteiger partial charge in [-0.2, -0.15) is 52.7 Å². The summed E-state index contributed by atoms with van der Waals surface area (Å²) in [5.74, 6) is -0.691. The van der Waals surface area contributed by atoms with E-state index in [4.69, 9.17) is 17.7 Å². The van der Waals surface area contributed by atoms with Crippen LogP contribution in [0.5, 0.6) is 0 Å². The van der Waals surface area contributed by atoms with E-state index in [9.17, 15) is 57.5 Å². The summed E-state index contributed by atoms with van der Waals surface area (Å²) in [5.41, 5.74) is 0.714. The largest absolute Gasteiger partial charge is 0.470 e. The fraction of sp³-hybridized carbons (Fsp3) is 0.280. The molecule has 0 saturated heterocycles. The molecule has 7 aromatic rings. The number of ketones is 1. The lowest BCUT2D eigenvalue weighted by Crippen LogP contribution is -2.24. The molecule has 0 fully saturated rings. The average molecular weight is 1140 g/mol. The summed E-state index contributed by atoms with van der Waals surface area (Å²) in [5, 5.41) is 0. The first kappa shape index (κ1) is 59.7. The molecule has 0 aliphatic rings.